The van der Waals surface area contributed by atoms with Gasteiger partial charge in [0.2, 0.25) is 0 Å². The Morgan fingerprint density at radius 1 is 1.04 bits per heavy atom. The number of esters is 1. The summed E-state index contributed by atoms with van der Waals surface area (Å²) >= 11 is 12.4. The van der Waals surface area contributed by atoms with E-state index < -0.39 is 18.5 Å². The fourth-order valence-corrected chi connectivity index (χ4v) is 2.91. The van der Waals surface area contributed by atoms with E-state index in [2.05, 4.69) is 37.2 Å². The van der Waals surface area contributed by atoms with Crippen LogP contribution in [0, 0.1) is 0 Å². The second-order valence-corrected chi connectivity index (χ2v) is 6.78. The van der Waals surface area contributed by atoms with Crippen molar-refractivity contribution in [2.75, 3.05) is 18.5 Å². The molecule has 2 aromatic carbocycles. The lowest BCUT2D eigenvalue weighted by atomic mass is 10.3. The van der Waals surface area contributed by atoms with Crippen LogP contribution < -0.4 is 10.1 Å². The van der Waals surface area contributed by atoms with E-state index in [0.717, 1.165) is 4.47 Å². The van der Waals surface area contributed by atoms with Crippen LogP contribution in [0.2, 0.25) is 5.02 Å². The van der Waals surface area contributed by atoms with Gasteiger partial charge < -0.3 is 14.8 Å². The SMILES string of the molecule is O=C(COC(=O)COc1ccc(Cl)cc1)Nc1ccc(Br)cc1Br. The molecule has 0 atom stereocenters. The number of amides is 1. The molecular formula is C16H12Br2ClNO4. The van der Waals surface area contributed by atoms with Crippen molar-refractivity contribution in [1.29, 1.82) is 0 Å². The normalized spacial score (nSPS) is 10.1. The maximum absolute atomic E-state index is 11.8. The molecule has 0 fully saturated rings. The Kier molecular flexibility index (Phi) is 7.08. The van der Waals surface area contributed by atoms with Gasteiger partial charge in [-0.2, -0.15) is 0 Å². The summed E-state index contributed by atoms with van der Waals surface area (Å²) in [6, 6.07) is 11.9. The number of ether oxygens (including phenoxy) is 2. The smallest absolute Gasteiger partial charge is 0.344 e. The van der Waals surface area contributed by atoms with E-state index in [0.29, 0.717) is 20.9 Å². The summed E-state index contributed by atoms with van der Waals surface area (Å²) in [5.74, 6) is -0.604. The Morgan fingerprint density at radius 2 is 1.75 bits per heavy atom. The average molecular weight is 478 g/mol. The maximum Gasteiger partial charge on any atom is 0.344 e. The predicted molar refractivity (Wildman–Crippen MR) is 98.4 cm³/mol. The molecule has 5 nitrogen and oxygen atoms in total. The molecule has 0 saturated heterocycles. The summed E-state index contributed by atoms with van der Waals surface area (Å²) in [6.45, 7) is -0.692. The molecule has 1 N–H and O–H groups in total. The minimum atomic E-state index is -0.644. The van der Waals surface area contributed by atoms with Crippen LogP contribution in [-0.2, 0) is 14.3 Å². The zero-order valence-electron chi connectivity index (χ0n) is 12.2. The Bertz CT molecular complexity index is 737. The molecule has 0 bridgehead atoms. The van der Waals surface area contributed by atoms with E-state index in [9.17, 15) is 9.59 Å². The van der Waals surface area contributed by atoms with Crippen LogP contribution in [0.5, 0.6) is 5.75 Å². The minimum Gasteiger partial charge on any atom is -0.482 e. The number of carbonyl (C=O) groups is 2. The van der Waals surface area contributed by atoms with Gasteiger partial charge in [0, 0.05) is 14.0 Å². The van der Waals surface area contributed by atoms with Gasteiger partial charge >= 0.3 is 5.97 Å². The van der Waals surface area contributed by atoms with Gasteiger partial charge in [0.25, 0.3) is 5.91 Å². The Balaban J connectivity index is 1.74. The van der Waals surface area contributed by atoms with E-state index in [1.165, 1.54) is 0 Å². The zero-order chi connectivity index (χ0) is 17.5. The highest BCUT2D eigenvalue weighted by Crippen LogP contribution is 2.26. The minimum absolute atomic E-state index is 0.295. The highest BCUT2D eigenvalue weighted by atomic mass is 79.9. The van der Waals surface area contributed by atoms with Gasteiger partial charge in [-0.25, -0.2) is 4.79 Å². The summed E-state index contributed by atoms with van der Waals surface area (Å²) in [4.78, 5) is 23.4. The summed E-state index contributed by atoms with van der Waals surface area (Å²) in [5, 5.41) is 3.20. The van der Waals surface area contributed by atoms with E-state index in [-0.39, 0.29) is 6.61 Å². The van der Waals surface area contributed by atoms with Crippen molar-refractivity contribution in [2.24, 2.45) is 0 Å². The van der Waals surface area contributed by atoms with Crippen molar-refractivity contribution in [1.82, 2.24) is 0 Å². The van der Waals surface area contributed by atoms with Crippen LogP contribution in [0.3, 0.4) is 0 Å². The first kappa shape index (κ1) is 18.8. The van der Waals surface area contributed by atoms with Gasteiger partial charge in [-0.15, -0.1) is 0 Å². The lowest BCUT2D eigenvalue weighted by Gasteiger charge is -2.09. The van der Waals surface area contributed by atoms with E-state index in [1.807, 2.05) is 0 Å². The average Bonchev–Trinajstić information content (AvgIpc) is 2.55. The highest BCUT2D eigenvalue weighted by Gasteiger charge is 2.10. The van der Waals surface area contributed by atoms with Gasteiger partial charge in [0.15, 0.2) is 13.2 Å². The molecule has 0 aliphatic carbocycles. The van der Waals surface area contributed by atoms with Gasteiger partial charge in [-0.05, 0) is 58.4 Å². The monoisotopic (exact) mass is 475 g/mol. The number of benzene rings is 2. The third-order valence-corrected chi connectivity index (χ3v) is 4.14. The van der Waals surface area contributed by atoms with Crippen molar-refractivity contribution in [2.45, 2.75) is 0 Å². The number of rotatable bonds is 6. The van der Waals surface area contributed by atoms with E-state index in [1.54, 1.807) is 42.5 Å². The first-order valence-corrected chi connectivity index (χ1v) is 8.69. The van der Waals surface area contributed by atoms with Crippen LogP contribution in [0.1, 0.15) is 0 Å². The fraction of sp³-hybridized carbons (Fsp3) is 0.125. The van der Waals surface area contributed by atoms with Crippen LogP contribution in [-0.4, -0.2) is 25.1 Å². The molecule has 0 radical (unpaired) electrons. The van der Waals surface area contributed by atoms with Crippen LogP contribution >= 0.6 is 43.5 Å². The number of hydrogen-bond acceptors (Lipinski definition) is 4. The lowest BCUT2D eigenvalue weighted by Crippen LogP contribution is -2.23. The van der Waals surface area contributed by atoms with E-state index >= 15 is 0 Å². The van der Waals surface area contributed by atoms with Crippen LogP contribution in [0.15, 0.2) is 51.4 Å². The van der Waals surface area contributed by atoms with Crippen LogP contribution in [0.25, 0.3) is 0 Å². The maximum atomic E-state index is 11.8. The summed E-state index contributed by atoms with van der Waals surface area (Å²) in [7, 11) is 0. The van der Waals surface area contributed by atoms with Gasteiger partial charge in [0.05, 0.1) is 5.69 Å². The Hall–Kier alpha value is -1.57. The summed E-state index contributed by atoms with van der Waals surface area (Å²) < 4.78 is 11.7. The van der Waals surface area contributed by atoms with Crippen molar-refractivity contribution in [3.63, 3.8) is 0 Å². The molecule has 0 saturated carbocycles. The molecule has 2 rings (SSSR count). The van der Waals surface area contributed by atoms with Crippen molar-refractivity contribution < 1.29 is 19.1 Å². The molecule has 8 heteroatoms. The molecule has 0 heterocycles. The van der Waals surface area contributed by atoms with Gasteiger partial charge in [0.1, 0.15) is 5.75 Å². The molecule has 0 spiro atoms. The van der Waals surface area contributed by atoms with Gasteiger partial charge in [-0.3, -0.25) is 4.79 Å². The first-order valence-electron chi connectivity index (χ1n) is 6.73. The first-order chi connectivity index (χ1) is 11.4. The molecule has 0 unspecified atom stereocenters. The molecule has 2 aromatic rings. The molecule has 0 aliphatic rings. The molecular weight excluding hydrogens is 465 g/mol. The topological polar surface area (TPSA) is 64.6 Å². The van der Waals surface area contributed by atoms with Crippen LogP contribution in [0.4, 0.5) is 5.69 Å². The number of anilines is 1. The standard InChI is InChI=1S/C16H12Br2ClNO4/c17-10-1-6-14(13(18)7-10)20-15(21)8-24-16(22)9-23-12-4-2-11(19)3-5-12/h1-7H,8-9H2,(H,20,21). The zero-order valence-corrected chi connectivity index (χ0v) is 16.2. The second kappa shape index (κ2) is 9.05. The third-order valence-electron chi connectivity index (χ3n) is 2.74. The second-order valence-electron chi connectivity index (χ2n) is 4.58. The molecule has 0 aliphatic heterocycles. The van der Waals surface area contributed by atoms with Crippen molar-refractivity contribution in [3.05, 3.63) is 56.4 Å². The number of nitrogens with one attached hydrogen (secondary N) is 1. The molecule has 0 aromatic heterocycles. The fourth-order valence-electron chi connectivity index (χ4n) is 1.64. The van der Waals surface area contributed by atoms with Crippen molar-refractivity contribution >= 4 is 61.0 Å². The molecule has 126 valence electrons. The highest BCUT2D eigenvalue weighted by molar-refractivity contribution is 9.11. The van der Waals surface area contributed by atoms with E-state index in [4.69, 9.17) is 21.1 Å². The summed E-state index contributed by atoms with van der Waals surface area (Å²) in [6.07, 6.45) is 0. The van der Waals surface area contributed by atoms with Gasteiger partial charge in [-0.1, -0.05) is 27.5 Å². The summed E-state index contributed by atoms with van der Waals surface area (Å²) in [5.41, 5.74) is 0.580. The Morgan fingerprint density at radius 3 is 2.42 bits per heavy atom. The third kappa shape index (κ3) is 6.14. The molecule has 1 amide bonds. The lowest BCUT2D eigenvalue weighted by molar-refractivity contribution is -0.149. The molecule has 24 heavy (non-hydrogen) atoms. The Labute approximate surface area is 160 Å². The largest absolute Gasteiger partial charge is 0.482 e. The quantitative estimate of drug-likeness (QED) is 0.626. The number of carbonyl (C=O) groups excluding carboxylic acids is 2. The predicted octanol–water partition coefficient (Wildman–Crippen LogP) is 4.43. The number of hydrogen-bond donors (Lipinski definition) is 1. The number of halogens is 3. The van der Waals surface area contributed by atoms with Crippen molar-refractivity contribution in [3.8, 4) is 5.75 Å².